The van der Waals surface area contributed by atoms with Crippen LogP contribution in [0.5, 0.6) is 5.75 Å². The van der Waals surface area contributed by atoms with Gasteiger partial charge in [0.1, 0.15) is 11.8 Å². The topological polar surface area (TPSA) is 49.8 Å². The molecule has 128 valence electrons. The number of benzene rings is 1. The van der Waals surface area contributed by atoms with Gasteiger partial charge in [-0.15, -0.1) is 11.3 Å². The minimum Gasteiger partial charge on any atom is -0.496 e. The lowest BCUT2D eigenvalue weighted by molar-refractivity contribution is -0.142. The van der Waals surface area contributed by atoms with E-state index in [4.69, 9.17) is 4.74 Å². The number of carboxylic acid groups (broad SMARTS) is 1. The van der Waals surface area contributed by atoms with Crippen molar-refractivity contribution < 1.29 is 14.6 Å². The summed E-state index contributed by atoms with van der Waals surface area (Å²) in [7, 11) is 1.65. The predicted octanol–water partition coefficient (Wildman–Crippen LogP) is 4.47. The van der Waals surface area contributed by atoms with Crippen LogP contribution in [-0.2, 0) is 4.79 Å². The number of rotatable bonds is 5. The molecule has 1 fully saturated rings. The van der Waals surface area contributed by atoms with Crippen molar-refractivity contribution in [3.05, 3.63) is 50.1 Å². The molecule has 24 heavy (non-hydrogen) atoms. The van der Waals surface area contributed by atoms with E-state index in [-0.39, 0.29) is 6.04 Å². The molecule has 1 aliphatic rings. The molecule has 2 unspecified atom stereocenters. The number of aryl methyl sites for hydroxylation is 1. The Hall–Kier alpha value is -1.37. The van der Waals surface area contributed by atoms with Gasteiger partial charge in [0, 0.05) is 26.3 Å². The summed E-state index contributed by atoms with van der Waals surface area (Å²) in [5, 5.41) is 9.63. The highest BCUT2D eigenvalue weighted by Gasteiger charge is 2.38. The Morgan fingerprint density at radius 3 is 2.83 bits per heavy atom. The van der Waals surface area contributed by atoms with Crippen LogP contribution in [0.4, 0.5) is 0 Å². The van der Waals surface area contributed by atoms with Gasteiger partial charge in [0.15, 0.2) is 0 Å². The SMILES string of the molecule is COc1ccc(Br)cc1C(c1ccc(C)s1)N1CCCC1C(=O)O. The van der Waals surface area contributed by atoms with Crippen molar-refractivity contribution in [3.63, 3.8) is 0 Å². The summed E-state index contributed by atoms with van der Waals surface area (Å²) in [5.74, 6) is 0.0324. The van der Waals surface area contributed by atoms with Crippen molar-refractivity contribution in [2.45, 2.75) is 31.8 Å². The Morgan fingerprint density at radius 2 is 2.21 bits per heavy atom. The Kier molecular flexibility index (Phi) is 5.27. The lowest BCUT2D eigenvalue weighted by atomic mass is 10.0. The first kappa shape index (κ1) is 17.5. The molecule has 2 atom stereocenters. The molecule has 4 nitrogen and oxygen atoms in total. The van der Waals surface area contributed by atoms with Gasteiger partial charge < -0.3 is 9.84 Å². The quantitative estimate of drug-likeness (QED) is 0.791. The molecule has 6 heteroatoms. The van der Waals surface area contributed by atoms with Crippen LogP contribution in [0.2, 0.25) is 0 Å². The Labute approximate surface area is 154 Å². The Bertz CT molecular complexity index is 746. The number of carbonyl (C=O) groups is 1. The highest BCUT2D eigenvalue weighted by Crippen LogP contribution is 2.42. The standard InChI is InChI=1S/C18H20BrNO3S/c1-11-5-8-16(24-11)17(20-9-3-4-14(20)18(21)22)13-10-12(19)6-7-15(13)23-2/h5-8,10,14,17H,3-4,9H2,1-2H3,(H,21,22). The maximum absolute atomic E-state index is 11.7. The molecule has 2 heterocycles. The Morgan fingerprint density at radius 1 is 1.42 bits per heavy atom. The van der Waals surface area contributed by atoms with Crippen LogP contribution in [-0.4, -0.2) is 35.7 Å². The van der Waals surface area contributed by atoms with E-state index < -0.39 is 12.0 Å². The minimum atomic E-state index is -0.750. The van der Waals surface area contributed by atoms with Crippen LogP contribution >= 0.6 is 27.3 Å². The summed E-state index contributed by atoms with van der Waals surface area (Å²) < 4.78 is 6.54. The average Bonchev–Trinajstić information content (AvgIpc) is 3.18. The molecule has 1 aliphatic heterocycles. The van der Waals surface area contributed by atoms with Gasteiger partial charge in [0.25, 0.3) is 0 Å². The number of methoxy groups -OCH3 is 1. The van der Waals surface area contributed by atoms with Crippen molar-refractivity contribution in [2.24, 2.45) is 0 Å². The first-order chi connectivity index (χ1) is 11.5. The summed E-state index contributed by atoms with van der Waals surface area (Å²) in [4.78, 5) is 16.2. The normalized spacial score (nSPS) is 19.4. The van der Waals surface area contributed by atoms with Crippen LogP contribution in [0.15, 0.2) is 34.8 Å². The zero-order valence-corrected chi connectivity index (χ0v) is 16.1. The second-order valence-corrected chi connectivity index (χ2v) is 8.21. The third kappa shape index (κ3) is 3.36. The fourth-order valence-electron chi connectivity index (χ4n) is 3.38. The van der Waals surface area contributed by atoms with Gasteiger partial charge >= 0.3 is 5.97 Å². The molecule has 0 amide bonds. The van der Waals surface area contributed by atoms with Gasteiger partial charge in [-0.05, 0) is 50.1 Å². The van der Waals surface area contributed by atoms with E-state index in [0.29, 0.717) is 6.42 Å². The van der Waals surface area contributed by atoms with Crippen LogP contribution in [0.1, 0.15) is 34.2 Å². The number of likely N-dealkylation sites (tertiary alicyclic amines) is 1. The van der Waals surface area contributed by atoms with Gasteiger partial charge in [0.2, 0.25) is 0 Å². The van der Waals surface area contributed by atoms with Crippen molar-refractivity contribution in [2.75, 3.05) is 13.7 Å². The number of halogens is 1. The van der Waals surface area contributed by atoms with Gasteiger partial charge in [-0.1, -0.05) is 15.9 Å². The molecule has 3 rings (SSSR count). The predicted molar refractivity (Wildman–Crippen MR) is 99.0 cm³/mol. The molecule has 0 radical (unpaired) electrons. The molecule has 0 saturated carbocycles. The second kappa shape index (κ2) is 7.25. The highest BCUT2D eigenvalue weighted by atomic mass is 79.9. The van der Waals surface area contributed by atoms with Gasteiger partial charge in [0.05, 0.1) is 13.2 Å². The lowest BCUT2D eigenvalue weighted by Gasteiger charge is -2.32. The van der Waals surface area contributed by atoms with E-state index in [1.165, 1.54) is 4.88 Å². The van der Waals surface area contributed by atoms with Crippen LogP contribution in [0.3, 0.4) is 0 Å². The first-order valence-corrected chi connectivity index (χ1v) is 9.50. The van der Waals surface area contributed by atoms with Crippen LogP contribution in [0.25, 0.3) is 0 Å². The number of thiophene rings is 1. The molecule has 1 saturated heterocycles. The maximum atomic E-state index is 11.7. The summed E-state index contributed by atoms with van der Waals surface area (Å²) in [6.45, 7) is 2.84. The number of hydrogen-bond acceptors (Lipinski definition) is 4. The molecule has 1 aromatic heterocycles. The molecule has 0 spiro atoms. The van der Waals surface area contributed by atoms with E-state index >= 15 is 0 Å². The summed E-state index contributed by atoms with van der Waals surface area (Å²) in [5.41, 5.74) is 1.00. The zero-order chi connectivity index (χ0) is 17.3. The van der Waals surface area contributed by atoms with Crippen LogP contribution in [0, 0.1) is 6.92 Å². The van der Waals surface area contributed by atoms with E-state index in [9.17, 15) is 9.90 Å². The highest BCUT2D eigenvalue weighted by molar-refractivity contribution is 9.10. The zero-order valence-electron chi connectivity index (χ0n) is 13.7. The number of ether oxygens (including phenoxy) is 1. The summed E-state index contributed by atoms with van der Waals surface area (Å²) in [6, 6.07) is 9.53. The molecule has 0 aliphatic carbocycles. The fraction of sp³-hybridized carbons (Fsp3) is 0.389. The third-order valence-corrected chi connectivity index (χ3v) is 5.97. The number of aliphatic carboxylic acids is 1. The van der Waals surface area contributed by atoms with E-state index in [1.807, 2.05) is 18.2 Å². The van der Waals surface area contributed by atoms with Crippen molar-refractivity contribution >= 4 is 33.2 Å². The van der Waals surface area contributed by atoms with Crippen molar-refractivity contribution in [1.29, 1.82) is 0 Å². The van der Waals surface area contributed by atoms with Gasteiger partial charge in [-0.3, -0.25) is 9.69 Å². The first-order valence-electron chi connectivity index (χ1n) is 7.89. The van der Waals surface area contributed by atoms with Gasteiger partial charge in [-0.2, -0.15) is 0 Å². The van der Waals surface area contributed by atoms with Crippen molar-refractivity contribution in [3.8, 4) is 5.75 Å². The molecule has 1 N–H and O–H groups in total. The second-order valence-electron chi connectivity index (χ2n) is 5.97. The van der Waals surface area contributed by atoms with E-state index in [1.54, 1.807) is 18.4 Å². The largest absolute Gasteiger partial charge is 0.496 e. The summed E-state index contributed by atoms with van der Waals surface area (Å²) in [6.07, 6.45) is 1.58. The molecular weight excluding hydrogens is 390 g/mol. The minimum absolute atomic E-state index is 0.111. The molecular formula is C18H20BrNO3S. The average molecular weight is 410 g/mol. The maximum Gasteiger partial charge on any atom is 0.320 e. The lowest BCUT2D eigenvalue weighted by Crippen LogP contribution is -2.39. The number of nitrogens with zero attached hydrogens (tertiary/aromatic N) is 1. The van der Waals surface area contributed by atoms with Crippen LogP contribution < -0.4 is 4.74 Å². The fourth-order valence-corrected chi connectivity index (χ4v) is 4.77. The third-order valence-electron chi connectivity index (χ3n) is 4.43. The smallest absolute Gasteiger partial charge is 0.320 e. The Balaban J connectivity index is 2.13. The monoisotopic (exact) mass is 409 g/mol. The van der Waals surface area contributed by atoms with Gasteiger partial charge in [-0.25, -0.2) is 0 Å². The number of hydrogen-bond donors (Lipinski definition) is 1. The number of carboxylic acids is 1. The summed E-state index contributed by atoms with van der Waals surface area (Å²) >= 11 is 5.25. The van der Waals surface area contributed by atoms with E-state index in [2.05, 4.69) is 39.9 Å². The van der Waals surface area contributed by atoms with E-state index in [0.717, 1.165) is 33.6 Å². The van der Waals surface area contributed by atoms with Crippen molar-refractivity contribution in [1.82, 2.24) is 4.90 Å². The molecule has 2 aromatic rings. The molecule has 1 aromatic carbocycles. The molecule has 0 bridgehead atoms.